The number of unbranched alkanes of at least 4 members (excludes halogenated alkanes) is 14. The van der Waals surface area contributed by atoms with E-state index in [0.717, 1.165) is 19.3 Å². The molecule has 170 valence electrons. The molecule has 0 saturated heterocycles. The average molecular weight is 419 g/mol. The Bertz CT molecular complexity index is 541. The Kier molecular flexibility index (Phi) is 16.7. The molecule has 1 rings (SSSR count). The first kappa shape index (κ1) is 26.2. The van der Waals surface area contributed by atoms with Gasteiger partial charge in [0, 0.05) is 6.42 Å². The monoisotopic (exact) mass is 418 g/mol. The third kappa shape index (κ3) is 16.0. The number of carbonyl (C=O) groups is 2. The van der Waals surface area contributed by atoms with Crippen LogP contribution in [0.1, 0.15) is 110 Å². The highest BCUT2D eigenvalue weighted by molar-refractivity contribution is 5.86. The maximum Gasteiger partial charge on any atom is 0.351 e. The van der Waals surface area contributed by atoms with Crippen LogP contribution < -0.4 is 4.74 Å². The zero-order valence-electron chi connectivity index (χ0n) is 19.0. The topological polar surface area (TPSA) is 52.6 Å². The average Bonchev–Trinajstić information content (AvgIpc) is 2.75. The van der Waals surface area contributed by atoms with Crippen molar-refractivity contribution in [2.75, 3.05) is 6.61 Å². The Labute approximate surface area is 183 Å². The second-order valence-corrected chi connectivity index (χ2v) is 8.15. The van der Waals surface area contributed by atoms with Gasteiger partial charge in [-0.05, 0) is 18.6 Å². The number of carbonyl (C=O) groups excluding carboxylic acids is 2. The number of esters is 2. The molecule has 0 aliphatic rings. The van der Waals surface area contributed by atoms with E-state index in [1.54, 1.807) is 12.1 Å². The maximum absolute atomic E-state index is 11.7. The van der Waals surface area contributed by atoms with Gasteiger partial charge in [0.05, 0.1) is 0 Å². The van der Waals surface area contributed by atoms with Crippen LogP contribution in [0.15, 0.2) is 30.3 Å². The van der Waals surface area contributed by atoms with E-state index >= 15 is 0 Å². The van der Waals surface area contributed by atoms with Gasteiger partial charge in [0.15, 0.2) is 6.61 Å². The van der Waals surface area contributed by atoms with E-state index in [9.17, 15) is 9.59 Å². The normalized spacial score (nSPS) is 10.7. The lowest BCUT2D eigenvalue weighted by atomic mass is 10.0. The van der Waals surface area contributed by atoms with Crippen LogP contribution in [0.4, 0.5) is 0 Å². The van der Waals surface area contributed by atoms with E-state index in [-0.39, 0.29) is 6.61 Å². The highest BCUT2D eigenvalue weighted by atomic mass is 16.6. The lowest BCUT2D eigenvalue weighted by Gasteiger charge is -2.06. The lowest BCUT2D eigenvalue weighted by Crippen LogP contribution is -2.19. The number of hydrogen-bond acceptors (Lipinski definition) is 4. The summed E-state index contributed by atoms with van der Waals surface area (Å²) in [7, 11) is 0. The molecule has 0 N–H and O–H groups in total. The van der Waals surface area contributed by atoms with Gasteiger partial charge in [-0.15, -0.1) is 0 Å². The summed E-state index contributed by atoms with van der Waals surface area (Å²) in [6.45, 7) is 2.02. The van der Waals surface area contributed by atoms with E-state index in [1.807, 2.05) is 18.2 Å². The van der Waals surface area contributed by atoms with Crippen molar-refractivity contribution in [1.82, 2.24) is 0 Å². The predicted molar refractivity (Wildman–Crippen MR) is 123 cm³/mol. The van der Waals surface area contributed by atoms with Gasteiger partial charge in [0.1, 0.15) is 5.75 Å². The molecule has 0 radical (unpaired) electrons. The van der Waals surface area contributed by atoms with Crippen molar-refractivity contribution in [3.05, 3.63) is 30.3 Å². The summed E-state index contributed by atoms with van der Waals surface area (Å²) >= 11 is 0. The van der Waals surface area contributed by atoms with Crippen molar-refractivity contribution >= 4 is 11.9 Å². The Morgan fingerprint density at radius 2 is 1.10 bits per heavy atom. The molecule has 0 bridgehead atoms. The summed E-state index contributed by atoms with van der Waals surface area (Å²) in [6.07, 6.45) is 19.6. The van der Waals surface area contributed by atoms with Crippen molar-refractivity contribution in [3.8, 4) is 5.75 Å². The van der Waals surface area contributed by atoms with Crippen molar-refractivity contribution < 1.29 is 19.1 Å². The Morgan fingerprint density at radius 3 is 1.60 bits per heavy atom. The quantitative estimate of drug-likeness (QED) is 0.133. The number of para-hydroxylation sites is 1. The van der Waals surface area contributed by atoms with Gasteiger partial charge in [-0.3, -0.25) is 4.79 Å². The van der Waals surface area contributed by atoms with Crippen LogP contribution in [0, 0.1) is 0 Å². The molecule has 0 heterocycles. The van der Waals surface area contributed by atoms with Gasteiger partial charge in [0.25, 0.3) is 0 Å². The molecule has 0 fully saturated rings. The van der Waals surface area contributed by atoms with Gasteiger partial charge in [-0.2, -0.15) is 0 Å². The third-order valence-corrected chi connectivity index (χ3v) is 5.31. The molecule has 4 heteroatoms. The Balaban J connectivity index is 1.83. The smallest absolute Gasteiger partial charge is 0.351 e. The fourth-order valence-electron chi connectivity index (χ4n) is 3.51. The van der Waals surface area contributed by atoms with Crippen LogP contribution in [-0.4, -0.2) is 18.5 Å². The Morgan fingerprint density at radius 1 is 0.633 bits per heavy atom. The number of ether oxygens (including phenoxy) is 2. The highest BCUT2D eigenvalue weighted by Crippen LogP contribution is 2.14. The molecule has 0 aliphatic carbocycles. The minimum atomic E-state index is -0.634. The number of rotatable bonds is 19. The van der Waals surface area contributed by atoms with E-state index in [4.69, 9.17) is 9.47 Å². The van der Waals surface area contributed by atoms with Gasteiger partial charge < -0.3 is 9.47 Å². The molecule has 4 nitrogen and oxygen atoms in total. The minimum Gasteiger partial charge on any atom is -0.482 e. The van der Waals surface area contributed by atoms with Crippen LogP contribution in [0.25, 0.3) is 0 Å². The summed E-state index contributed by atoms with van der Waals surface area (Å²) in [6, 6.07) is 9.02. The summed E-state index contributed by atoms with van der Waals surface area (Å²) in [5.74, 6) is -0.500. The van der Waals surface area contributed by atoms with Crippen molar-refractivity contribution in [2.45, 2.75) is 110 Å². The number of benzene rings is 1. The zero-order chi connectivity index (χ0) is 21.7. The van der Waals surface area contributed by atoms with Crippen LogP contribution in [0.5, 0.6) is 5.75 Å². The first-order valence-electron chi connectivity index (χ1n) is 12.1. The van der Waals surface area contributed by atoms with Crippen molar-refractivity contribution in [2.24, 2.45) is 0 Å². The fraction of sp³-hybridized carbons (Fsp3) is 0.692. The molecular formula is C26H42O4. The molecule has 0 spiro atoms. The standard InChI is InChI=1S/C26H42O4/c1-2-3-4-5-6-7-8-9-10-11-12-13-14-15-19-22-25(27)30-26(28)23-29-24-20-17-16-18-21-24/h16-18,20-21H,2-15,19,22-23H2,1H3. The second kappa shape index (κ2) is 19.1. The van der Waals surface area contributed by atoms with Crippen LogP contribution >= 0.6 is 0 Å². The first-order valence-corrected chi connectivity index (χ1v) is 12.1. The van der Waals surface area contributed by atoms with Crippen LogP contribution in [0.3, 0.4) is 0 Å². The molecule has 0 aliphatic heterocycles. The largest absolute Gasteiger partial charge is 0.482 e. The highest BCUT2D eigenvalue weighted by Gasteiger charge is 2.11. The minimum absolute atomic E-state index is 0.241. The zero-order valence-corrected chi connectivity index (χ0v) is 19.0. The third-order valence-electron chi connectivity index (χ3n) is 5.31. The molecule has 0 amide bonds. The fourth-order valence-corrected chi connectivity index (χ4v) is 3.51. The van der Waals surface area contributed by atoms with E-state index in [2.05, 4.69) is 6.92 Å². The summed E-state index contributed by atoms with van der Waals surface area (Å²) in [5, 5.41) is 0. The SMILES string of the molecule is CCCCCCCCCCCCCCCCCC(=O)OC(=O)COc1ccccc1. The Hall–Kier alpha value is -1.84. The van der Waals surface area contributed by atoms with Gasteiger partial charge in [-0.1, -0.05) is 115 Å². The van der Waals surface area contributed by atoms with Crippen LogP contribution in [0.2, 0.25) is 0 Å². The molecule has 1 aromatic rings. The van der Waals surface area contributed by atoms with E-state index in [1.165, 1.54) is 77.0 Å². The molecule has 30 heavy (non-hydrogen) atoms. The van der Waals surface area contributed by atoms with E-state index < -0.39 is 11.9 Å². The second-order valence-electron chi connectivity index (χ2n) is 8.15. The van der Waals surface area contributed by atoms with Gasteiger partial charge >= 0.3 is 11.9 Å². The van der Waals surface area contributed by atoms with Crippen LogP contribution in [-0.2, 0) is 14.3 Å². The van der Waals surface area contributed by atoms with Crippen molar-refractivity contribution in [3.63, 3.8) is 0 Å². The molecule has 0 unspecified atom stereocenters. The summed E-state index contributed by atoms with van der Waals surface area (Å²) in [5.41, 5.74) is 0. The summed E-state index contributed by atoms with van der Waals surface area (Å²) in [4.78, 5) is 23.3. The van der Waals surface area contributed by atoms with Gasteiger partial charge in [0.2, 0.25) is 0 Å². The van der Waals surface area contributed by atoms with Crippen molar-refractivity contribution in [1.29, 1.82) is 0 Å². The molecule has 0 aromatic heterocycles. The molecular weight excluding hydrogens is 376 g/mol. The predicted octanol–water partition coefficient (Wildman–Crippen LogP) is 7.40. The molecule has 0 atom stereocenters. The first-order chi connectivity index (χ1) is 14.7. The molecule has 0 saturated carbocycles. The lowest BCUT2D eigenvalue weighted by molar-refractivity contribution is -0.161. The number of hydrogen-bond donors (Lipinski definition) is 0. The van der Waals surface area contributed by atoms with Gasteiger partial charge in [-0.25, -0.2) is 4.79 Å². The summed E-state index contributed by atoms with van der Waals surface area (Å²) < 4.78 is 10.1. The van der Waals surface area contributed by atoms with E-state index in [0.29, 0.717) is 12.2 Å². The maximum atomic E-state index is 11.7. The molecule has 1 aromatic carbocycles.